The maximum atomic E-state index is 12.5. The van der Waals surface area contributed by atoms with Crippen molar-refractivity contribution in [2.45, 2.75) is 70.9 Å². The van der Waals surface area contributed by atoms with Gasteiger partial charge in [-0.05, 0) is 81.9 Å². The van der Waals surface area contributed by atoms with Crippen molar-refractivity contribution in [3.8, 4) is 10.6 Å². The Morgan fingerprint density at radius 3 is 2.56 bits per heavy atom. The highest BCUT2D eigenvalue weighted by atomic mass is 35.5. The zero-order chi connectivity index (χ0) is 28.7. The number of nitrogens with zero attached hydrogens (tertiary/aromatic N) is 5. The van der Waals surface area contributed by atoms with Gasteiger partial charge in [-0.25, -0.2) is 14.8 Å². The molecular weight excluding hydrogens is 556 g/mol. The lowest BCUT2D eigenvalue weighted by Crippen LogP contribution is -2.42. The Bertz CT molecular complexity index is 1540. The summed E-state index contributed by atoms with van der Waals surface area (Å²) in [4.78, 5) is 28.3. The molecule has 1 aromatic carbocycles. The largest absolute Gasteiger partial charge is 0.444 e. The van der Waals surface area contributed by atoms with Crippen LogP contribution in [0.4, 0.5) is 10.6 Å². The summed E-state index contributed by atoms with van der Waals surface area (Å²) in [5, 5.41) is 4.02. The molecule has 2 atom stereocenters. The first-order chi connectivity index (χ1) is 19.6. The number of fused-ring (bicyclic) bond motifs is 1. The molecule has 1 aliphatic heterocycles. The quantitative estimate of drug-likeness (QED) is 0.243. The molecule has 1 amide bonds. The molecule has 2 N–H and O–H groups in total. The predicted molar refractivity (Wildman–Crippen MR) is 164 cm³/mol. The number of piperidine rings is 1. The Balaban J connectivity index is 1.20. The highest BCUT2D eigenvalue weighted by molar-refractivity contribution is 7.13. The second kappa shape index (κ2) is 11.2. The number of nitrogen functional groups attached to an aromatic ring is 1. The summed E-state index contributed by atoms with van der Waals surface area (Å²) in [7, 11) is 0. The molecule has 4 heterocycles. The number of thiazole rings is 1. The molecule has 1 saturated heterocycles. The molecule has 6 rings (SSSR count). The Hall–Kier alpha value is -3.17. The van der Waals surface area contributed by atoms with Crippen LogP contribution in [0.3, 0.4) is 0 Å². The van der Waals surface area contributed by atoms with Gasteiger partial charge in [0.2, 0.25) is 5.28 Å². The summed E-state index contributed by atoms with van der Waals surface area (Å²) in [5.41, 5.74) is 9.98. The van der Waals surface area contributed by atoms with Crippen LogP contribution in [0.1, 0.15) is 70.2 Å². The maximum Gasteiger partial charge on any atom is 0.410 e. The van der Waals surface area contributed by atoms with Crippen molar-refractivity contribution >= 4 is 45.9 Å². The van der Waals surface area contributed by atoms with Gasteiger partial charge in [0.15, 0.2) is 0 Å². The molecule has 216 valence electrons. The zero-order valence-electron chi connectivity index (χ0n) is 23.8. The van der Waals surface area contributed by atoms with Crippen molar-refractivity contribution in [3.63, 3.8) is 0 Å². The maximum absolute atomic E-state index is 12.5. The summed E-state index contributed by atoms with van der Waals surface area (Å²) in [5.74, 6) is 1.59. The number of ether oxygens (including phenoxy) is 1. The van der Waals surface area contributed by atoms with Crippen molar-refractivity contribution < 1.29 is 9.53 Å². The van der Waals surface area contributed by atoms with Gasteiger partial charge < -0.3 is 19.9 Å². The van der Waals surface area contributed by atoms with Gasteiger partial charge in [-0.1, -0.05) is 30.3 Å². The van der Waals surface area contributed by atoms with Gasteiger partial charge in [0, 0.05) is 42.7 Å². The fraction of sp³-hybridized carbons (Fsp3) is 0.484. The number of hydrogen-bond acceptors (Lipinski definition) is 7. The Morgan fingerprint density at radius 1 is 1.07 bits per heavy atom. The number of carbonyl (C=O) groups excluding carboxylic acids is 1. The fourth-order valence-electron chi connectivity index (χ4n) is 6.46. The fourth-order valence-corrected chi connectivity index (χ4v) is 7.46. The first-order valence-electron chi connectivity index (χ1n) is 14.4. The van der Waals surface area contributed by atoms with Gasteiger partial charge in [-0.3, -0.25) is 0 Å². The van der Waals surface area contributed by atoms with Crippen LogP contribution in [0.5, 0.6) is 0 Å². The van der Waals surface area contributed by atoms with Crippen molar-refractivity contribution in [1.29, 1.82) is 0 Å². The first-order valence-corrected chi connectivity index (χ1v) is 15.7. The number of likely N-dealkylation sites (tertiary alicyclic amines) is 1. The lowest BCUT2D eigenvalue weighted by molar-refractivity contribution is 0.0159. The minimum atomic E-state index is -0.469. The molecule has 0 bridgehead atoms. The first kappa shape index (κ1) is 28.0. The van der Waals surface area contributed by atoms with Gasteiger partial charge in [-0.15, -0.1) is 11.3 Å². The zero-order valence-corrected chi connectivity index (χ0v) is 25.4. The van der Waals surface area contributed by atoms with Gasteiger partial charge >= 0.3 is 6.09 Å². The molecular formula is C31H37ClN6O2S. The van der Waals surface area contributed by atoms with Crippen LogP contribution in [-0.4, -0.2) is 49.2 Å². The van der Waals surface area contributed by atoms with Crippen LogP contribution in [0.25, 0.3) is 21.6 Å². The summed E-state index contributed by atoms with van der Waals surface area (Å²) < 4.78 is 7.86. The third-order valence-corrected chi connectivity index (χ3v) is 9.47. The normalized spacial score (nSPS) is 20.1. The Kier molecular flexibility index (Phi) is 7.68. The molecule has 1 aliphatic carbocycles. The number of amides is 1. The number of benzene rings is 1. The Labute approximate surface area is 249 Å². The van der Waals surface area contributed by atoms with Crippen LogP contribution in [-0.2, 0) is 11.2 Å². The van der Waals surface area contributed by atoms with Crippen molar-refractivity contribution in [3.05, 3.63) is 58.4 Å². The average Bonchev–Trinajstić information content (AvgIpc) is 3.67. The van der Waals surface area contributed by atoms with E-state index in [1.807, 2.05) is 31.7 Å². The number of nitrogens with two attached hydrogens (primary N) is 1. The number of anilines is 1. The summed E-state index contributed by atoms with van der Waals surface area (Å²) in [6.07, 6.45) is 8.06. The third-order valence-electron chi connectivity index (χ3n) is 8.38. The van der Waals surface area contributed by atoms with E-state index in [0.717, 1.165) is 78.9 Å². The van der Waals surface area contributed by atoms with E-state index in [1.54, 1.807) is 11.3 Å². The van der Waals surface area contributed by atoms with Crippen LogP contribution in [0.2, 0.25) is 5.28 Å². The van der Waals surface area contributed by atoms with E-state index < -0.39 is 5.60 Å². The molecule has 41 heavy (non-hydrogen) atoms. The molecule has 0 radical (unpaired) electrons. The van der Waals surface area contributed by atoms with Gasteiger partial charge in [0.1, 0.15) is 22.1 Å². The second-order valence-corrected chi connectivity index (χ2v) is 13.6. The number of aromatic nitrogens is 4. The number of rotatable bonds is 5. The molecule has 2 fully saturated rings. The monoisotopic (exact) mass is 592 g/mol. The lowest BCUT2D eigenvalue weighted by atomic mass is 9.83. The summed E-state index contributed by atoms with van der Waals surface area (Å²) >= 11 is 7.93. The van der Waals surface area contributed by atoms with E-state index in [9.17, 15) is 4.79 Å². The topological polar surface area (TPSA) is 99.2 Å². The van der Waals surface area contributed by atoms with Gasteiger partial charge in [0.05, 0.1) is 11.1 Å². The molecule has 3 aromatic heterocycles. The van der Waals surface area contributed by atoms with E-state index in [-0.39, 0.29) is 11.4 Å². The van der Waals surface area contributed by atoms with Crippen molar-refractivity contribution in [1.82, 2.24) is 24.4 Å². The van der Waals surface area contributed by atoms with E-state index >= 15 is 0 Å². The van der Waals surface area contributed by atoms with E-state index in [2.05, 4.69) is 50.4 Å². The second-order valence-electron chi connectivity index (χ2n) is 12.4. The average molecular weight is 593 g/mol. The number of carbonyl (C=O) groups is 1. The smallest absolute Gasteiger partial charge is 0.410 e. The Morgan fingerprint density at radius 2 is 1.83 bits per heavy atom. The minimum Gasteiger partial charge on any atom is -0.444 e. The third kappa shape index (κ3) is 6.06. The van der Waals surface area contributed by atoms with Crippen molar-refractivity contribution in [2.24, 2.45) is 11.8 Å². The van der Waals surface area contributed by atoms with Crippen LogP contribution in [0, 0.1) is 11.8 Å². The highest BCUT2D eigenvalue weighted by Gasteiger charge is 2.36. The van der Waals surface area contributed by atoms with Crippen LogP contribution < -0.4 is 5.73 Å². The molecule has 1 saturated carbocycles. The van der Waals surface area contributed by atoms with Gasteiger partial charge in [0.25, 0.3) is 0 Å². The molecule has 2 unspecified atom stereocenters. The molecule has 4 aromatic rings. The molecule has 2 aliphatic rings. The predicted octanol–water partition coefficient (Wildman–Crippen LogP) is 7.37. The molecule has 8 nitrogen and oxygen atoms in total. The van der Waals surface area contributed by atoms with E-state index in [4.69, 9.17) is 27.1 Å². The lowest BCUT2D eigenvalue weighted by Gasteiger charge is -2.35. The summed E-state index contributed by atoms with van der Waals surface area (Å²) in [6, 6.07) is 10.7. The summed E-state index contributed by atoms with van der Waals surface area (Å²) in [6.45, 7) is 7.25. The molecule has 10 heteroatoms. The van der Waals surface area contributed by atoms with Crippen LogP contribution >= 0.6 is 22.9 Å². The van der Waals surface area contributed by atoms with Crippen LogP contribution in [0.15, 0.2) is 41.9 Å². The number of hydrogen-bond donors (Lipinski definition) is 1. The van der Waals surface area contributed by atoms with E-state index in [0.29, 0.717) is 23.7 Å². The van der Waals surface area contributed by atoms with Gasteiger partial charge in [-0.2, -0.15) is 4.98 Å². The minimum absolute atomic E-state index is 0.161. The number of halogens is 1. The van der Waals surface area contributed by atoms with Crippen molar-refractivity contribution in [2.75, 3.05) is 18.8 Å². The standard InChI is InChI=1S/C31H37ClN6O2S/c1-31(2,3)40-30(39)37-13-11-20(12-14-37)21-9-10-23(16-21)38-17-24(25-26(33)35-29(32)36-27(25)38)28-34-22(18-41-28)15-19-7-5-4-6-8-19/h4-8,17-18,20-21,23H,9-16H2,1-3H3,(H2,33,35,36). The highest BCUT2D eigenvalue weighted by Crippen LogP contribution is 2.45. The van der Waals surface area contributed by atoms with E-state index in [1.165, 1.54) is 5.56 Å². The molecule has 0 spiro atoms. The SMILES string of the molecule is CC(C)(C)OC(=O)N1CCC(C2CCC(n3cc(-c4nc(Cc5ccccc5)cs4)c4c(N)nc(Cl)nc43)C2)CC1.